The molecular formula is C11H9N3S. The van der Waals surface area contributed by atoms with Gasteiger partial charge in [0.15, 0.2) is 0 Å². The Hall–Kier alpha value is -1.68. The molecular weight excluding hydrogens is 206 g/mol. The highest BCUT2D eigenvalue weighted by Gasteiger charge is 2.06. The van der Waals surface area contributed by atoms with Gasteiger partial charge in [0, 0.05) is 24.4 Å². The minimum atomic E-state index is 1.07. The first-order valence-electron chi connectivity index (χ1n) is 4.66. The molecule has 4 heteroatoms. The maximum absolute atomic E-state index is 4.39. The summed E-state index contributed by atoms with van der Waals surface area (Å²) in [5, 5.41) is 4.18. The number of fused-ring (bicyclic) bond motifs is 1. The van der Waals surface area contributed by atoms with Crippen molar-refractivity contribution in [2.75, 3.05) is 0 Å². The summed E-state index contributed by atoms with van der Waals surface area (Å²) < 4.78 is 3.02. The Bertz CT molecular complexity index is 609. The summed E-state index contributed by atoms with van der Waals surface area (Å²) in [4.78, 5) is 4.39. The van der Waals surface area contributed by atoms with Crippen molar-refractivity contribution >= 4 is 21.6 Å². The van der Waals surface area contributed by atoms with Crippen molar-refractivity contribution in [3.8, 4) is 11.1 Å². The van der Waals surface area contributed by atoms with Crippen LogP contribution in [0.2, 0.25) is 0 Å². The van der Waals surface area contributed by atoms with Crippen LogP contribution in [0.15, 0.2) is 36.1 Å². The smallest absolute Gasteiger partial charge is 0.0891 e. The molecule has 0 bridgehead atoms. The van der Waals surface area contributed by atoms with E-state index in [4.69, 9.17) is 0 Å². The van der Waals surface area contributed by atoms with Gasteiger partial charge in [-0.1, -0.05) is 12.1 Å². The van der Waals surface area contributed by atoms with E-state index in [1.165, 1.54) is 4.70 Å². The number of hydrogen-bond donors (Lipinski definition) is 0. The molecule has 0 atom stereocenters. The van der Waals surface area contributed by atoms with Crippen molar-refractivity contribution in [3.05, 3.63) is 36.1 Å². The van der Waals surface area contributed by atoms with E-state index in [0.29, 0.717) is 0 Å². The van der Waals surface area contributed by atoms with Gasteiger partial charge in [-0.05, 0) is 6.07 Å². The Morgan fingerprint density at radius 1 is 1.33 bits per heavy atom. The maximum Gasteiger partial charge on any atom is 0.0891 e. The third kappa shape index (κ3) is 1.34. The summed E-state index contributed by atoms with van der Waals surface area (Å²) in [6, 6.07) is 6.23. The molecule has 2 heterocycles. The van der Waals surface area contributed by atoms with E-state index >= 15 is 0 Å². The molecule has 3 aromatic rings. The number of thiazole rings is 1. The lowest BCUT2D eigenvalue weighted by atomic mass is 10.1. The topological polar surface area (TPSA) is 30.7 Å². The zero-order chi connectivity index (χ0) is 10.3. The van der Waals surface area contributed by atoms with Gasteiger partial charge in [0.25, 0.3) is 0 Å². The van der Waals surface area contributed by atoms with Crippen LogP contribution < -0.4 is 0 Å². The van der Waals surface area contributed by atoms with Gasteiger partial charge in [0.2, 0.25) is 0 Å². The summed E-state index contributed by atoms with van der Waals surface area (Å²) >= 11 is 1.66. The Balaban J connectivity index is 2.30. The van der Waals surface area contributed by atoms with Crippen LogP contribution in [0.25, 0.3) is 21.3 Å². The van der Waals surface area contributed by atoms with Crippen molar-refractivity contribution in [2.45, 2.75) is 0 Å². The average molecular weight is 215 g/mol. The van der Waals surface area contributed by atoms with Crippen LogP contribution in [0.4, 0.5) is 0 Å². The van der Waals surface area contributed by atoms with Crippen LogP contribution >= 0.6 is 11.3 Å². The zero-order valence-electron chi connectivity index (χ0n) is 8.21. The summed E-state index contributed by atoms with van der Waals surface area (Å²) in [7, 11) is 1.92. The number of hydrogen-bond acceptors (Lipinski definition) is 3. The van der Waals surface area contributed by atoms with Crippen LogP contribution in [-0.2, 0) is 7.05 Å². The number of para-hydroxylation sites is 1. The van der Waals surface area contributed by atoms with E-state index in [9.17, 15) is 0 Å². The van der Waals surface area contributed by atoms with Crippen molar-refractivity contribution < 1.29 is 0 Å². The molecule has 0 saturated heterocycles. The second kappa shape index (κ2) is 3.17. The Morgan fingerprint density at radius 2 is 2.27 bits per heavy atom. The summed E-state index contributed by atoms with van der Waals surface area (Å²) in [6.45, 7) is 0. The number of rotatable bonds is 1. The van der Waals surface area contributed by atoms with Gasteiger partial charge in [0.1, 0.15) is 0 Å². The highest BCUT2D eigenvalue weighted by molar-refractivity contribution is 7.16. The van der Waals surface area contributed by atoms with Crippen LogP contribution in [0.3, 0.4) is 0 Å². The minimum absolute atomic E-state index is 1.07. The van der Waals surface area contributed by atoms with E-state index in [1.807, 2.05) is 25.0 Å². The quantitative estimate of drug-likeness (QED) is 0.625. The molecule has 0 N–H and O–H groups in total. The predicted octanol–water partition coefficient (Wildman–Crippen LogP) is 2.70. The van der Waals surface area contributed by atoms with Gasteiger partial charge in [0.05, 0.1) is 21.9 Å². The third-order valence-corrected chi connectivity index (χ3v) is 3.17. The first-order valence-corrected chi connectivity index (χ1v) is 5.54. The lowest BCUT2D eigenvalue weighted by molar-refractivity contribution is 0.768. The normalized spacial score (nSPS) is 11.0. The molecule has 0 radical (unpaired) electrons. The largest absolute Gasteiger partial charge is 0.275 e. The van der Waals surface area contributed by atoms with Crippen LogP contribution in [-0.4, -0.2) is 14.8 Å². The fraction of sp³-hybridized carbons (Fsp3) is 0.0909. The van der Waals surface area contributed by atoms with Crippen LogP contribution in [0.5, 0.6) is 0 Å². The standard InChI is InChI=1S/C11H9N3S/c1-14-6-8(5-13-14)9-3-2-4-10-11(9)12-7-15-10/h2-7H,1H3. The highest BCUT2D eigenvalue weighted by Crippen LogP contribution is 2.28. The summed E-state index contributed by atoms with van der Waals surface area (Å²) in [5.74, 6) is 0. The lowest BCUT2D eigenvalue weighted by Crippen LogP contribution is -1.84. The molecule has 1 aromatic carbocycles. The van der Waals surface area contributed by atoms with E-state index in [0.717, 1.165) is 16.6 Å². The highest BCUT2D eigenvalue weighted by atomic mass is 32.1. The van der Waals surface area contributed by atoms with Gasteiger partial charge in [-0.15, -0.1) is 11.3 Å². The van der Waals surface area contributed by atoms with Crippen LogP contribution in [0, 0.1) is 0 Å². The van der Waals surface area contributed by atoms with Crippen molar-refractivity contribution in [2.24, 2.45) is 7.05 Å². The fourth-order valence-electron chi connectivity index (χ4n) is 1.68. The van der Waals surface area contributed by atoms with Gasteiger partial charge in [-0.25, -0.2) is 4.98 Å². The van der Waals surface area contributed by atoms with Gasteiger partial charge >= 0.3 is 0 Å². The van der Waals surface area contributed by atoms with E-state index < -0.39 is 0 Å². The molecule has 15 heavy (non-hydrogen) atoms. The predicted molar refractivity (Wildman–Crippen MR) is 61.8 cm³/mol. The van der Waals surface area contributed by atoms with Crippen molar-refractivity contribution in [3.63, 3.8) is 0 Å². The van der Waals surface area contributed by atoms with E-state index in [1.54, 1.807) is 16.0 Å². The maximum atomic E-state index is 4.39. The number of benzene rings is 1. The number of aromatic nitrogens is 3. The molecule has 0 aliphatic heterocycles. The number of aryl methyl sites for hydroxylation is 1. The van der Waals surface area contributed by atoms with Gasteiger partial charge in [-0.3, -0.25) is 4.68 Å². The molecule has 3 rings (SSSR count). The van der Waals surface area contributed by atoms with Crippen molar-refractivity contribution in [1.82, 2.24) is 14.8 Å². The number of nitrogens with zero attached hydrogens (tertiary/aromatic N) is 3. The summed E-state index contributed by atoms with van der Waals surface area (Å²) in [6.07, 6.45) is 3.88. The molecule has 2 aromatic heterocycles. The molecule has 3 nitrogen and oxygen atoms in total. The van der Waals surface area contributed by atoms with E-state index in [-0.39, 0.29) is 0 Å². The van der Waals surface area contributed by atoms with Crippen LogP contribution in [0.1, 0.15) is 0 Å². The monoisotopic (exact) mass is 215 g/mol. The Morgan fingerprint density at radius 3 is 3.07 bits per heavy atom. The molecule has 0 aliphatic carbocycles. The lowest BCUT2D eigenvalue weighted by Gasteiger charge is -1.97. The first-order chi connectivity index (χ1) is 7.34. The molecule has 74 valence electrons. The Kier molecular flexibility index (Phi) is 1.82. The minimum Gasteiger partial charge on any atom is -0.275 e. The Labute approximate surface area is 91.0 Å². The molecule has 0 fully saturated rings. The average Bonchev–Trinajstić information content (AvgIpc) is 2.84. The second-order valence-corrected chi connectivity index (χ2v) is 4.29. The SMILES string of the molecule is Cn1cc(-c2cccc3scnc23)cn1. The van der Waals surface area contributed by atoms with Gasteiger partial charge in [-0.2, -0.15) is 5.10 Å². The fourth-order valence-corrected chi connectivity index (χ4v) is 2.38. The molecule has 0 spiro atoms. The molecule has 0 amide bonds. The van der Waals surface area contributed by atoms with Gasteiger partial charge < -0.3 is 0 Å². The summed E-state index contributed by atoms with van der Waals surface area (Å²) in [5.41, 5.74) is 5.22. The third-order valence-electron chi connectivity index (χ3n) is 2.38. The van der Waals surface area contributed by atoms with Crippen molar-refractivity contribution in [1.29, 1.82) is 0 Å². The zero-order valence-corrected chi connectivity index (χ0v) is 9.03. The molecule has 0 saturated carbocycles. The van der Waals surface area contributed by atoms with E-state index in [2.05, 4.69) is 28.3 Å². The second-order valence-electron chi connectivity index (χ2n) is 3.41. The molecule has 0 aliphatic rings. The molecule has 0 unspecified atom stereocenters. The first kappa shape index (κ1) is 8.61.